The van der Waals surface area contributed by atoms with Gasteiger partial charge >= 0.3 is 0 Å². The van der Waals surface area contributed by atoms with E-state index in [0.717, 1.165) is 33.8 Å². The van der Waals surface area contributed by atoms with Gasteiger partial charge in [-0.3, -0.25) is 4.79 Å². The van der Waals surface area contributed by atoms with Crippen LogP contribution in [0.2, 0.25) is 0 Å². The largest absolute Gasteiger partial charge is 0.495 e. The molecule has 1 amide bonds. The number of amides is 1. The number of fused-ring (bicyclic) bond motifs is 3. The van der Waals surface area contributed by atoms with Gasteiger partial charge in [0.1, 0.15) is 21.2 Å². The van der Waals surface area contributed by atoms with Gasteiger partial charge in [-0.05, 0) is 32.9 Å². The number of carbonyl (C=O) groups is 1. The molecule has 1 aromatic heterocycles. The maximum absolute atomic E-state index is 12.7. The van der Waals surface area contributed by atoms with Crippen LogP contribution in [0.15, 0.2) is 40.8 Å². The third kappa shape index (κ3) is 4.10. The minimum absolute atomic E-state index is 0.131. The van der Waals surface area contributed by atoms with Gasteiger partial charge in [0.05, 0.1) is 18.0 Å². The van der Waals surface area contributed by atoms with E-state index in [1.54, 1.807) is 7.11 Å². The lowest BCUT2D eigenvalue weighted by Gasteiger charge is -2.23. The van der Waals surface area contributed by atoms with Gasteiger partial charge in [-0.2, -0.15) is 0 Å². The lowest BCUT2D eigenvalue weighted by molar-refractivity contribution is -0.115. The Morgan fingerprint density at radius 1 is 1.21 bits per heavy atom. The first kappa shape index (κ1) is 20.5. The molecule has 148 valence electrons. The van der Waals surface area contributed by atoms with E-state index < -0.39 is 0 Å². The molecule has 1 N–H and O–H groups in total. The molecule has 2 aromatic carbocycles. The van der Waals surface area contributed by atoms with Crippen LogP contribution >= 0.6 is 24.0 Å². The van der Waals surface area contributed by atoms with Crippen LogP contribution in [0.25, 0.3) is 21.9 Å². The Hall–Kier alpha value is -2.25. The number of thiocarbonyl (C=S) groups is 1. The average Bonchev–Trinajstić information content (AvgIpc) is 3.05. The van der Waals surface area contributed by atoms with Gasteiger partial charge in [-0.15, -0.1) is 0 Å². The lowest BCUT2D eigenvalue weighted by Crippen LogP contribution is -2.31. The minimum Gasteiger partial charge on any atom is -0.495 e. The molecule has 0 aliphatic carbocycles. The number of anilines is 1. The molecule has 3 aromatic rings. The fourth-order valence-electron chi connectivity index (χ4n) is 3.01. The summed E-state index contributed by atoms with van der Waals surface area (Å²) in [5.74, 6) is 0.462. The van der Waals surface area contributed by atoms with E-state index in [-0.39, 0.29) is 11.2 Å². The zero-order valence-electron chi connectivity index (χ0n) is 16.4. The number of ether oxygens (including phenoxy) is 1. The number of para-hydroxylation sites is 1. The van der Waals surface area contributed by atoms with Crippen molar-refractivity contribution < 1.29 is 13.9 Å². The van der Waals surface area contributed by atoms with Crippen molar-refractivity contribution in [2.75, 3.05) is 25.5 Å². The number of hydrogen-bond acceptors (Lipinski definition) is 5. The number of nitrogens with one attached hydrogen (secondary N) is 1. The fraction of sp³-hybridized carbons (Fsp3) is 0.333. The van der Waals surface area contributed by atoms with Crippen LogP contribution < -0.4 is 10.1 Å². The maximum Gasteiger partial charge on any atom is 0.237 e. The maximum atomic E-state index is 12.7. The number of methoxy groups -OCH3 is 1. The second kappa shape index (κ2) is 8.84. The van der Waals surface area contributed by atoms with Crippen LogP contribution in [0.5, 0.6) is 5.75 Å². The zero-order chi connectivity index (χ0) is 20.3. The number of furan rings is 1. The van der Waals surface area contributed by atoms with Crippen molar-refractivity contribution in [3.8, 4) is 5.75 Å². The molecule has 1 heterocycles. The second-order valence-corrected chi connectivity index (χ2v) is 8.31. The van der Waals surface area contributed by atoms with E-state index in [9.17, 15) is 4.79 Å². The Kier molecular flexibility index (Phi) is 6.46. The first-order valence-corrected chi connectivity index (χ1v) is 10.5. The SMILES string of the molecule is CCN(CC)C(=S)S[C@H](C)C(=O)Nc1cc2oc3ccccc3c2cc1OC. The summed E-state index contributed by atoms with van der Waals surface area (Å²) in [7, 11) is 1.59. The third-order valence-electron chi connectivity index (χ3n) is 4.63. The molecule has 0 bridgehead atoms. The molecule has 3 rings (SSSR count). The number of hydrogen-bond donors (Lipinski definition) is 1. The van der Waals surface area contributed by atoms with Crippen LogP contribution in [0.3, 0.4) is 0 Å². The Morgan fingerprint density at radius 2 is 1.93 bits per heavy atom. The Labute approximate surface area is 174 Å². The zero-order valence-corrected chi connectivity index (χ0v) is 18.1. The first-order chi connectivity index (χ1) is 13.5. The van der Waals surface area contributed by atoms with Crippen LogP contribution in [0.1, 0.15) is 20.8 Å². The molecule has 5 nitrogen and oxygen atoms in total. The van der Waals surface area contributed by atoms with E-state index in [0.29, 0.717) is 17.0 Å². The Bertz CT molecular complexity index is 1010. The number of rotatable bonds is 6. The molecule has 0 saturated carbocycles. The normalized spacial score (nSPS) is 12.1. The van der Waals surface area contributed by atoms with E-state index in [1.165, 1.54) is 11.8 Å². The predicted octanol–water partition coefficient (Wildman–Crippen LogP) is 5.28. The first-order valence-electron chi connectivity index (χ1n) is 9.24. The smallest absolute Gasteiger partial charge is 0.237 e. The van der Waals surface area contributed by atoms with Gasteiger partial charge in [0.25, 0.3) is 0 Å². The summed E-state index contributed by atoms with van der Waals surface area (Å²) in [4.78, 5) is 14.8. The van der Waals surface area contributed by atoms with Crippen molar-refractivity contribution in [3.05, 3.63) is 36.4 Å². The lowest BCUT2D eigenvalue weighted by atomic mass is 10.1. The minimum atomic E-state index is -0.329. The Morgan fingerprint density at radius 3 is 2.61 bits per heavy atom. The number of nitrogens with zero attached hydrogens (tertiary/aromatic N) is 1. The van der Waals surface area contributed by atoms with Crippen LogP contribution in [0, 0.1) is 0 Å². The van der Waals surface area contributed by atoms with Crippen molar-refractivity contribution >= 4 is 61.8 Å². The molecular formula is C21H24N2O3S2. The molecule has 0 saturated heterocycles. The van der Waals surface area contributed by atoms with Gasteiger partial charge in [0.2, 0.25) is 5.91 Å². The summed E-state index contributed by atoms with van der Waals surface area (Å²) in [6.07, 6.45) is 0. The standard InChI is InChI=1S/C21H24N2O3S2/c1-5-23(6-2)21(27)28-13(3)20(24)22-16-12-18-15(11-19(16)25-4)14-9-7-8-10-17(14)26-18/h7-13H,5-6H2,1-4H3,(H,22,24)/t13-/m1/s1. The van der Waals surface area contributed by atoms with Crippen molar-refractivity contribution in [2.24, 2.45) is 0 Å². The highest BCUT2D eigenvalue weighted by Crippen LogP contribution is 2.36. The number of thioether (sulfide) groups is 1. The van der Waals surface area contributed by atoms with Crippen molar-refractivity contribution in [1.29, 1.82) is 0 Å². The highest BCUT2D eigenvalue weighted by Gasteiger charge is 2.20. The quantitative estimate of drug-likeness (QED) is 0.552. The highest BCUT2D eigenvalue weighted by atomic mass is 32.2. The van der Waals surface area contributed by atoms with Crippen molar-refractivity contribution in [3.63, 3.8) is 0 Å². The van der Waals surface area contributed by atoms with E-state index in [1.807, 2.05) is 43.3 Å². The molecule has 0 aliphatic rings. The van der Waals surface area contributed by atoms with Crippen molar-refractivity contribution in [1.82, 2.24) is 4.90 Å². The molecule has 0 spiro atoms. The summed E-state index contributed by atoms with van der Waals surface area (Å²) in [5, 5.41) is 4.60. The molecule has 0 aliphatic heterocycles. The average molecular weight is 417 g/mol. The van der Waals surface area contributed by atoms with E-state index in [2.05, 4.69) is 24.1 Å². The molecule has 0 fully saturated rings. The van der Waals surface area contributed by atoms with Gasteiger partial charge in [0, 0.05) is 29.9 Å². The van der Waals surface area contributed by atoms with E-state index >= 15 is 0 Å². The van der Waals surface area contributed by atoms with Gasteiger partial charge in [-0.25, -0.2) is 0 Å². The second-order valence-electron chi connectivity index (χ2n) is 6.33. The molecule has 7 heteroatoms. The van der Waals surface area contributed by atoms with Crippen LogP contribution in [0.4, 0.5) is 5.69 Å². The summed E-state index contributed by atoms with van der Waals surface area (Å²) >= 11 is 6.84. The molecule has 28 heavy (non-hydrogen) atoms. The molecule has 0 unspecified atom stereocenters. The van der Waals surface area contributed by atoms with Gasteiger partial charge in [0.15, 0.2) is 0 Å². The van der Waals surface area contributed by atoms with Crippen molar-refractivity contribution in [2.45, 2.75) is 26.0 Å². The summed E-state index contributed by atoms with van der Waals surface area (Å²) < 4.78 is 12.2. The van der Waals surface area contributed by atoms with E-state index in [4.69, 9.17) is 21.4 Å². The molecule has 0 radical (unpaired) electrons. The fourth-order valence-corrected chi connectivity index (χ4v) is 4.58. The Balaban J connectivity index is 1.83. The number of benzene rings is 2. The van der Waals surface area contributed by atoms with Crippen LogP contribution in [-0.2, 0) is 4.79 Å². The summed E-state index contributed by atoms with van der Waals surface area (Å²) in [6, 6.07) is 11.5. The monoisotopic (exact) mass is 416 g/mol. The molecular weight excluding hydrogens is 392 g/mol. The predicted molar refractivity (Wildman–Crippen MR) is 121 cm³/mol. The van der Waals surface area contributed by atoms with Crippen LogP contribution in [-0.4, -0.2) is 40.6 Å². The number of carbonyl (C=O) groups excluding carboxylic acids is 1. The third-order valence-corrected chi connectivity index (χ3v) is 6.20. The van der Waals surface area contributed by atoms with Gasteiger partial charge in [-0.1, -0.05) is 42.2 Å². The van der Waals surface area contributed by atoms with Gasteiger partial charge < -0.3 is 19.4 Å². The topological polar surface area (TPSA) is 54.7 Å². The highest BCUT2D eigenvalue weighted by molar-refractivity contribution is 8.23. The summed E-state index contributed by atoms with van der Waals surface area (Å²) in [5.41, 5.74) is 2.09. The summed E-state index contributed by atoms with van der Waals surface area (Å²) in [6.45, 7) is 7.60. The molecule has 1 atom stereocenters.